The quantitative estimate of drug-likeness (QED) is 0.609. The van der Waals surface area contributed by atoms with Gasteiger partial charge in [-0.05, 0) is 60.1 Å². The summed E-state index contributed by atoms with van der Waals surface area (Å²) in [5.41, 5.74) is 0.356. The molecule has 1 aromatic heterocycles. The van der Waals surface area contributed by atoms with E-state index in [2.05, 4.69) is 47.5 Å². The number of aliphatic hydroxyl groups excluding tert-OH is 1. The average molecular weight is 479 g/mol. The number of aromatic nitrogens is 1. The molecule has 1 amide bonds. The summed E-state index contributed by atoms with van der Waals surface area (Å²) < 4.78 is 29.2. The van der Waals surface area contributed by atoms with Gasteiger partial charge in [0.15, 0.2) is 0 Å². The Kier molecular flexibility index (Phi) is 6.51. The van der Waals surface area contributed by atoms with Crippen molar-refractivity contribution < 1.29 is 18.7 Å². The van der Waals surface area contributed by atoms with Crippen LogP contribution in [0.15, 0.2) is 77.1 Å². The largest absolute Gasteiger partial charge is 0.395 e. The Labute approximate surface area is 203 Å². The van der Waals surface area contributed by atoms with Gasteiger partial charge >= 0.3 is 0 Å². The Morgan fingerprint density at radius 3 is 2.51 bits per heavy atom. The first kappa shape index (κ1) is 24.6. The zero-order chi connectivity index (χ0) is 25.4. The maximum absolute atomic E-state index is 14.6. The molecule has 0 saturated heterocycles. The van der Waals surface area contributed by atoms with E-state index in [-0.39, 0.29) is 36.0 Å². The smallest absolute Gasteiger partial charge is 0.269 e. The van der Waals surface area contributed by atoms with Crippen LogP contribution in [0.25, 0.3) is 5.70 Å². The number of fused-ring (bicyclic) bond motifs is 2. The van der Waals surface area contributed by atoms with Crippen LogP contribution in [0.4, 0.5) is 8.78 Å². The molecule has 1 unspecified atom stereocenters. The Bertz CT molecular complexity index is 1250. The number of hydrogen-bond donors (Lipinski definition) is 2. The van der Waals surface area contributed by atoms with Gasteiger partial charge in [-0.1, -0.05) is 39.1 Å². The van der Waals surface area contributed by atoms with Gasteiger partial charge in [0.25, 0.3) is 5.91 Å². The van der Waals surface area contributed by atoms with Crippen molar-refractivity contribution in [2.45, 2.75) is 32.1 Å². The van der Waals surface area contributed by atoms with Crippen LogP contribution in [0, 0.1) is 23.0 Å². The molecular formula is C27H28F2N4O2. The third-order valence-corrected chi connectivity index (χ3v) is 7.36. The molecule has 1 aliphatic heterocycles. The second-order valence-corrected chi connectivity index (χ2v) is 9.45. The fourth-order valence-corrected chi connectivity index (χ4v) is 5.54. The molecule has 1 saturated carbocycles. The topological polar surface area (TPSA) is 86.9 Å². The minimum absolute atomic E-state index is 0.0374. The molecule has 0 spiro atoms. The molecule has 4 rings (SSSR count). The predicted octanol–water partition coefficient (Wildman–Crippen LogP) is 5.33. The van der Waals surface area contributed by atoms with E-state index in [4.69, 9.17) is 5.11 Å². The standard InChI is InChI=1S/C27H28F2N4O2/c1-16-15-22(24-19(28)7-5-8-20(24)29)33-32-17(2)27(12-11-18(16)26(27,3)4)23-10-6-9-21(31-23)25(35)30-13-14-34/h5-10,15,18,34H,1-2,11-14H2,3-4H3,(H,30,35)/b22-15-,33-32-/t18-,27?/m1/s1. The third kappa shape index (κ3) is 4.01. The first-order valence-electron chi connectivity index (χ1n) is 11.5. The third-order valence-electron chi connectivity index (χ3n) is 7.36. The number of halogens is 2. The molecular weight excluding hydrogens is 450 g/mol. The molecule has 1 fully saturated rings. The second kappa shape index (κ2) is 9.26. The molecule has 2 bridgehead atoms. The van der Waals surface area contributed by atoms with Crippen molar-refractivity contribution in [3.05, 3.63) is 95.5 Å². The number of rotatable bonds is 5. The summed E-state index contributed by atoms with van der Waals surface area (Å²) in [5, 5.41) is 20.3. The maximum atomic E-state index is 14.6. The van der Waals surface area contributed by atoms with Gasteiger partial charge in [0, 0.05) is 6.54 Å². The molecule has 1 aromatic carbocycles. The molecule has 35 heavy (non-hydrogen) atoms. The molecule has 2 aromatic rings. The number of carbonyl (C=O) groups is 1. The van der Waals surface area contributed by atoms with Crippen LogP contribution in [0.1, 0.15) is 48.4 Å². The van der Waals surface area contributed by atoms with E-state index < -0.39 is 28.4 Å². The first-order valence-corrected chi connectivity index (χ1v) is 11.5. The van der Waals surface area contributed by atoms with Gasteiger partial charge in [-0.2, -0.15) is 10.2 Å². The van der Waals surface area contributed by atoms with E-state index in [1.54, 1.807) is 18.2 Å². The Morgan fingerprint density at radius 2 is 1.83 bits per heavy atom. The minimum atomic E-state index is -0.797. The van der Waals surface area contributed by atoms with E-state index in [0.29, 0.717) is 29.8 Å². The Balaban J connectivity index is 1.85. The number of carbonyl (C=O) groups excluding carboxylic acids is 1. The van der Waals surface area contributed by atoms with Crippen molar-refractivity contribution in [1.29, 1.82) is 0 Å². The molecule has 1 aliphatic carbocycles. The molecule has 2 N–H and O–H groups in total. The van der Waals surface area contributed by atoms with Gasteiger partial charge in [-0.3, -0.25) is 4.79 Å². The number of pyridine rings is 1. The average Bonchev–Trinajstić information content (AvgIpc) is 3.12. The molecule has 2 heterocycles. The van der Waals surface area contributed by atoms with Crippen molar-refractivity contribution in [1.82, 2.24) is 10.3 Å². The predicted molar refractivity (Wildman–Crippen MR) is 129 cm³/mol. The lowest BCUT2D eigenvalue weighted by molar-refractivity contribution is 0.0938. The van der Waals surface area contributed by atoms with Gasteiger partial charge in [0.1, 0.15) is 17.3 Å². The molecule has 2 aliphatic rings. The van der Waals surface area contributed by atoms with Crippen LogP contribution in [0.3, 0.4) is 0 Å². The highest BCUT2D eigenvalue weighted by Gasteiger charge is 2.59. The number of hydrogen-bond acceptors (Lipinski definition) is 5. The highest BCUT2D eigenvalue weighted by molar-refractivity contribution is 5.92. The van der Waals surface area contributed by atoms with Crippen LogP contribution in [-0.4, -0.2) is 29.1 Å². The Hall–Kier alpha value is -3.52. The number of nitrogens with one attached hydrogen (secondary N) is 1. The number of aliphatic hydroxyl groups is 1. The first-order chi connectivity index (χ1) is 16.6. The zero-order valence-electron chi connectivity index (χ0n) is 19.8. The second-order valence-electron chi connectivity index (χ2n) is 9.45. The van der Waals surface area contributed by atoms with Gasteiger partial charge in [0.05, 0.1) is 34.7 Å². The number of nitrogens with zero attached hydrogens (tertiary/aromatic N) is 3. The summed E-state index contributed by atoms with van der Waals surface area (Å²) in [7, 11) is 0. The SMILES string of the molecule is C=C1/C=C(c2c(F)cccc2F)\N=N/C(=C)C2(c3cccc(C(=O)NCCO)n3)CC[C@H]1C2(C)C. The summed E-state index contributed by atoms with van der Waals surface area (Å²) in [4.78, 5) is 17.2. The van der Waals surface area contributed by atoms with Crippen LogP contribution in [0.5, 0.6) is 0 Å². The van der Waals surface area contributed by atoms with Gasteiger partial charge in [0.2, 0.25) is 0 Å². The molecule has 6 nitrogen and oxygen atoms in total. The summed E-state index contributed by atoms with van der Waals surface area (Å²) in [6, 6.07) is 8.83. The number of benzene rings is 1. The van der Waals surface area contributed by atoms with E-state index in [1.807, 2.05) is 6.07 Å². The molecule has 182 valence electrons. The van der Waals surface area contributed by atoms with Crippen molar-refractivity contribution in [2.75, 3.05) is 13.2 Å². The normalized spacial score (nSPS) is 25.7. The van der Waals surface area contributed by atoms with Crippen LogP contribution >= 0.6 is 0 Å². The van der Waals surface area contributed by atoms with Crippen LogP contribution in [0.2, 0.25) is 0 Å². The number of allylic oxidation sites excluding steroid dienone is 3. The lowest BCUT2D eigenvalue weighted by Crippen LogP contribution is -2.42. The summed E-state index contributed by atoms with van der Waals surface area (Å²) in [5.74, 6) is -1.96. The molecule has 0 radical (unpaired) electrons. The minimum Gasteiger partial charge on any atom is -0.395 e. The van der Waals surface area contributed by atoms with Crippen molar-refractivity contribution >= 4 is 11.6 Å². The van der Waals surface area contributed by atoms with E-state index in [0.717, 1.165) is 0 Å². The highest BCUT2D eigenvalue weighted by atomic mass is 19.1. The fourth-order valence-electron chi connectivity index (χ4n) is 5.54. The van der Waals surface area contributed by atoms with E-state index in [1.165, 1.54) is 18.2 Å². The fraction of sp³-hybridized carbons (Fsp3) is 0.333. The highest BCUT2D eigenvalue weighted by Crippen LogP contribution is 2.62. The van der Waals surface area contributed by atoms with Crippen molar-refractivity contribution in [2.24, 2.45) is 21.6 Å². The monoisotopic (exact) mass is 478 g/mol. The summed E-state index contributed by atoms with van der Waals surface area (Å²) in [6.45, 7) is 12.5. The lowest BCUT2D eigenvalue weighted by Gasteiger charge is -2.43. The molecule has 8 heteroatoms. The number of amides is 1. The zero-order valence-corrected chi connectivity index (χ0v) is 19.8. The van der Waals surface area contributed by atoms with Gasteiger partial charge in [-0.15, -0.1) is 0 Å². The van der Waals surface area contributed by atoms with E-state index in [9.17, 15) is 13.6 Å². The maximum Gasteiger partial charge on any atom is 0.269 e. The Morgan fingerprint density at radius 1 is 1.14 bits per heavy atom. The van der Waals surface area contributed by atoms with Crippen LogP contribution in [-0.2, 0) is 5.41 Å². The lowest BCUT2D eigenvalue weighted by atomic mass is 9.60. The van der Waals surface area contributed by atoms with Gasteiger partial charge < -0.3 is 10.4 Å². The van der Waals surface area contributed by atoms with Crippen LogP contribution < -0.4 is 5.32 Å². The van der Waals surface area contributed by atoms with Crippen molar-refractivity contribution in [3.63, 3.8) is 0 Å². The van der Waals surface area contributed by atoms with Gasteiger partial charge in [-0.25, -0.2) is 13.8 Å². The van der Waals surface area contributed by atoms with E-state index >= 15 is 0 Å². The number of azo groups is 1. The summed E-state index contributed by atoms with van der Waals surface area (Å²) in [6.07, 6.45) is 2.94. The molecule has 2 atom stereocenters. The summed E-state index contributed by atoms with van der Waals surface area (Å²) >= 11 is 0. The van der Waals surface area contributed by atoms with Crippen molar-refractivity contribution in [3.8, 4) is 0 Å².